The van der Waals surface area contributed by atoms with Crippen molar-refractivity contribution in [3.05, 3.63) is 59.7 Å². The molecule has 0 aromatic heterocycles. The van der Waals surface area contributed by atoms with E-state index < -0.39 is 6.04 Å². The second-order valence-corrected chi connectivity index (χ2v) is 5.66. The van der Waals surface area contributed by atoms with Crippen molar-refractivity contribution in [2.75, 3.05) is 11.5 Å². The average molecular weight is 324 g/mol. The van der Waals surface area contributed by atoms with Crippen molar-refractivity contribution in [2.45, 2.75) is 26.4 Å². The molecule has 1 aliphatic heterocycles. The zero-order valence-corrected chi connectivity index (χ0v) is 13.8. The van der Waals surface area contributed by atoms with Gasteiger partial charge in [0.15, 0.2) is 0 Å². The number of rotatable bonds is 5. The molecule has 5 heteroatoms. The Morgan fingerprint density at radius 2 is 1.88 bits per heavy atom. The number of carbonyl (C=O) groups excluding carboxylic acids is 2. The van der Waals surface area contributed by atoms with E-state index in [0.717, 1.165) is 22.6 Å². The van der Waals surface area contributed by atoms with E-state index in [4.69, 9.17) is 4.74 Å². The van der Waals surface area contributed by atoms with Gasteiger partial charge in [0.05, 0.1) is 13.2 Å². The lowest BCUT2D eigenvalue weighted by molar-refractivity contribution is -0.126. The minimum Gasteiger partial charge on any atom is -0.494 e. The first kappa shape index (κ1) is 16.1. The molecule has 0 aliphatic carbocycles. The lowest BCUT2D eigenvalue weighted by Gasteiger charge is -2.20. The molecule has 0 bridgehead atoms. The van der Waals surface area contributed by atoms with Crippen LogP contribution in [0.2, 0.25) is 0 Å². The maximum Gasteiger partial charge on any atom is 0.254 e. The Kier molecular flexibility index (Phi) is 4.51. The van der Waals surface area contributed by atoms with Gasteiger partial charge in [-0.25, -0.2) is 0 Å². The summed E-state index contributed by atoms with van der Waals surface area (Å²) in [5, 5.41) is 2.74. The highest BCUT2D eigenvalue weighted by atomic mass is 16.5. The number of benzene rings is 2. The van der Waals surface area contributed by atoms with Crippen LogP contribution in [-0.2, 0) is 16.1 Å². The first-order valence-electron chi connectivity index (χ1n) is 8.00. The summed E-state index contributed by atoms with van der Waals surface area (Å²) in [5.41, 5.74) is 2.59. The summed E-state index contributed by atoms with van der Waals surface area (Å²) in [6.07, 6.45) is 0. The lowest BCUT2D eigenvalue weighted by atomic mass is 10.1. The van der Waals surface area contributed by atoms with Gasteiger partial charge < -0.3 is 15.0 Å². The third kappa shape index (κ3) is 2.97. The number of anilines is 1. The van der Waals surface area contributed by atoms with Crippen molar-refractivity contribution >= 4 is 17.5 Å². The van der Waals surface area contributed by atoms with Crippen molar-refractivity contribution in [1.29, 1.82) is 0 Å². The summed E-state index contributed by atoms with van der Waals surface area (Å²) in [7, 11) is 0. The van der Waals surface area contributed by atoms with Gasteiger partial charge in [-0.3, -0.25) is 9.59 Å². The van der Waals surface area contributed by atoms with Crippen LogP contribution in [0, 0.1) is 0 Å². The van der Waals surface area contributed by atoms with Crippen LogP contribution < -0.4 is 15.0 Å². The molecular formula is C19H20N2O3. The van der Waals surface area contributed by atoms with Gasteiger partial charge in [-0.15, -0.1) is 0 Å². The zero-order valence-electron chi connectivity index (χ0n) is 13.8. The van der Waals surface area contributed by atoms with Crippen LogP contribution in [0.1, 0.15) is 31.0 Å². The lowest BCUT2D eigenvalue weighted by Crippen LogP contribution is -2.36. The molecule has 1 N–H and O–H groups in total. The number of nitrogens with one attached hydrogen (secondary N) is 1. The van der Waals surface area contributed by atoms with Gasteiger partial charge in [-0.05, 0) is 19.1 Å². The SMILES string of the molecule is CCOc1ccccc1CN1C(=O)[C@@H](NC(C)=O)c2ccccc21. The summed E-state index contributed by atoms with van der Waals surface area (Å²) >= 11 is 0. The maximum absolute atomic E-state index is 12.8. The molecule has 124 valence electrons. The highest BCUT2D eigenvalue weighted by molar-refractivity contribution is 6.06. The van der Waals surface area contributed by atoms with Crippen LogP contribution in [-0.4, -0.2) is 18.4 Å². The number of carbonyl (C=O) groups is 2. The molecule has 2 aromatic carbocycles. The van der Waals surface area contributed by atoms with Gasteiger partial charge in [-0.2, -0.15) is 0 Å². The Hall–Kier alpha value is -2.82. The van der Waals surface area contributed by atoms with E-state index in [1.54, 1.807) is 4.90 Å². The van der Waals surface area contributed by atoms with Gasteiger partial charge in [0.2, 0.25) is 5.91 Å². The quantitative estimate of drug-likeness (QED) is 0.920. The average Bonchev–Trinajstić information content (AvgIpc) is 2.82. The van der Waals surface area contributed by atoms with Crippen molar-refractivity contribution in [1.82, 2.24) is 5.32 Å². The number of ether oxygens (including phenoxy) is 1. The van der Waals surface area contributed by atoms with Gasteiger partial charge in [0.1, 0.15) is 11.8 Å². The standard InChI is InChI=1S/C19H20N2O3/c1-3-24-17-11-7-4-8-14(17)12-21-16-10-6-5-9-15(16)18(19(21)23)20-13(2)22/h4-11,18H,3,12H2,1-2H3,(H,20,22)/t18-/m0/s1. The molecule has 24 heavy (non-hydrogen) atoms. The first-order valence-corrected chi connectivity index (χ1v) is 8.00. The predicted molar refractivity (Wildman–Crippen MR) is 91.8 cm³/mol. The van der Waals surface area contributed by atoms with Crippen LogP contribution in [0.15, 0.2) is 48.5 Å². The van der Waals surface area contributed by atoms with E-state index >= 15 is 0 Å². The smallest absolute Gasteiger partial charge is 0.254 e. The summed E-state index contributed by atoms with van der Waals surface area (Å²) in [5.74, 6) is 0.422. The summed E-state index contributed by atoms with van der Waals surface area (Å²) < 4.78 is 5.65. The second kappa shape index (κ2) is 6.74. The first-order chi connectivity index (χ1) is 11.6. The zero-order chi connectivity index (χ0) is 17.1. The summed E-state index contributed by atoms with van der Waals surface area (Å²) in [4.78, 5) is 26.0. The number of hydrogen-bond acceptors (Lipinski definition) is 3. The minimum atomic E-state index is -0.627. The molecule has 0 unspecified atom stereocenters. The Morgan fingerprint density at radius 3 is 2.62 bits per heavy atom. The predicted octanol–water partition coefficient (Wildman–Crippen LogP) is 2.81. The van der Waals surface area contributed by atoms with Crippen LogP contribution >= 0.6 is 0 Å². The van der Waals surface area contributed by atoms with Gasteiger partial charge >= 0.3 is 0 Å². The van der Waals surface area contributed by atoms with Gasteiger partial charge in [-0.1, -0.05) is 36.4 Å². The molecular weight excluding hydrogens is 304 g/mol. The van der Waals surface area contributed by atoms with E-state index in [9.17, 15) is 9.59 Å². The molecule has 0 saturated heterocycles. The van der Waals surface area contributed by atoms with Crippen molar-refractivity contribution in [2.24, 2.45) is 0 Å². The number of nitrogens with zero attached hydrogens (tertiary/aromatic N) is 1. The fraction of sp³-hybridized carbons (Fsp3) is 0.263. The molecule has 0 spiro atoms. The molecule has 1 heterocycles. The van der Waals surface area contributed by atoms with Crippen LogP contribution in [0.5, 0.6) is 5.75 Å². The highest BCUT2D eigenvalue weighted by Gasteiger charge is 2.37. The Labute approximate surface area is 141 Å². The monoisotopic (exact) mass is 324 g/mol. The minimum absolute atomic E-state index is 0.127. The third-order valence-electron chi connectivity index (χ3n) is 4.00. The molecule has 0 radical (unpaired) electrons. The molecule has 2 amide bonds. The second-order valence-electron chi connectivity index (χ2n) is 5.66. The van der Waals surface area contributed by atoms with Crippen LogP contribution in [0.4, 0.5) is 5.69 Å². The molecule has 2 aromatic rings. The Morgan fingerprint density at radius 1 is 1.17 bits per heavy atom. The number of hydrogen-bond donors (Lipinski definition) is 1. The van der Waals surface area contributed by atoms with Crippen molar-refractivity contribution in [3.63, 3.8) is 0 Å². The Balaban J connectivity index is 1.94. The van der Waals surface area contributed by atoms with Crippen molar-refractivity contribution in [3.8, 4) is 5.75 Å². The fourth-order valence-corrected chi connectivity index (χ4v) is 2.99. The summed E-state index contributed by atoms with van der Waals surface area (Å²) in [6.45, 7) is 4.32. The molecule has 3 rings (SSSR count). The van der Waals surface area contributed by atoms with Crippen molar-refractivity contribution < 1.29 is 14.3 Å². The highest BCUT2D eigenvalue weighted by Crippen LogP contribution is 2.37. The van der Waals surface area contributed by atoms with Gasteiger partial charge in [0.25, 0.3) is 5.91 Å². The number of para-hydroxylation sites is 2. The largest absolute Gasteiger partial charge is 0.494 e. The van der Waals surface area contributed by atoms with E-state index in [-0.39, 0.29) is 11.8 Å². The Bertz CT molecular complexity index is 773. The van der Waals surface area contributed by atoms with E-state index in [1.165, 1.54) is 6.92 Å². The van der Waals surface area contributed by atoms with Crippen LogP contribution in [0.25, 0.3) is 0 Å². The van der Waals surface area contributed by atoms with E-state index in [2.05, 4.69) is 5.32 Å². The molecule has 0 saturated carbocycles. The summed E-state index contributed by atoms with van der Waals surface area (Å²) in [6, 6.07) is 14.6. The molecule has 0 fully saturated rings. The van der Waals surface area contributed by atoms with E-state index in [0.29, 0.717) is 13.2 Å². The number of fused-ring (bicyclic) bond motifs is 1. The van der Waals surface area contributed by atoms with Gasteiger partial charge in [0, 0.05) is 23.7 Å². The molecule has 1 atom stereocenters. The normalized spacial score (nSPS) is 16.0. The molecule has 1 aliphatic rings. The van der Waals surface area contributed by atoms with Crippen LogP contribution in [0.3, 0.4) is 0 Å². The third-order valence-corrected chi connectivity index (χ3v) is 4.00. The number of amides is 2. The van der Waals surface area contributed by atoms with E-state index in [1.807, 2.05) is 55.5 Å². The fourth-order valence-electron chi connectivity index (χ4n) is 2.99. The molecule has 5 nitrogen and oxygen atoms in total. The maximum atomic E-state index is 12.8. The topological polar surface area (TPSA) is 58.6 Å².